The number of hydrogen-bond donors (Lipinski definition) is 1. The molecule has 0 aromatic rings. The van der Waals surface area contributed by atoms with Crippen LogP contribution < -0.4 is 0 Å². The van der Waals surface area contributed by atoms with E-state index in [0.29, 0.717) is 12.3 Å². The summed E-state index contributed by atoms with van der Waals surface area (Å²) >= 11 is 0. The number of hydrogen-bond acceptors (Lipinski definition) is 3. The predicted molar refractivity (Wildman–Crippen MR) is 54.5 cm³/mol. The fourth-order valence-electron chi connectivity index (χ4n) is 2.73. The molecule has 1 aliphatic heterocycles. The van der Waals surface area contributed by atoms with Gasteiger partial charge in [-0.3, -0.25) is 9.59 Å². The first-order valence-electron chi connectivity index (χ1n) is 5.64. The number of Topliss-reactive ketones (excluding diaryl/α,β-unsaturated/α-hetero) is 1. The van der Waals surface area contributed by atoms with Gasteiger partial charge in [0.15, 0.2) is 0 Å². The monoisotopic (exact) mass is 211 g/mol. The maximum Gasteiger partial charge on any atom is 0.304 e. The number of piperidine rings is 1. The summed E-state index contributed by atoms with van der Waals surface area (Å²) in [6.45, 7) is 2.15. The molecule has 2 rings (SSSR count). The Morgan fingerprint density at radius 3 is 2.47 bits per heavy atom. The normalized spacial score (nSPS) is 31.6. The van der Waals surface area contributed by atoms with E-state index in [1.54, 1.807) is 0 Å². The maximum absolute atomic E-state index is 11.7. The molecule has 1 heterocycles. The minimum atomic E-state index is -0.753. The van der Waals surface area contributed by atoms with E-state index in [9.17, 15) is 9.59 Å². The number of carbonyl (C=O) groups is 2. The standard InChI is InChI=1S/C11H17NO3/c13-10(14)4-5-12-6-8-2-1-3-9(7-12)11(8)15/h8-9H,1-7H2,(H,13,14). The van der Waals surface area contributed by atoms with E-state index < -0.39 is 5.97 Å². The van der Waals surface area contributed by atoms with Gasteiger partial charge >= 0.3 is 5.97 Å². The first-order valence-corrected chi connectivity index (χ1v) is 5.64. The number of fused-ring (bicyclic) bond motifs is 2. The molecule has 2 aliphatic rings. The van der Waals surface area contributed by atoms with Crippen molar-refractivity contribution in [1.82, 2.24) is 4.90 Å². The summed E-state index contributed by atoms with van der Waals surface area (Å²) < 4.78 is 0. The Morgan fingerprint density at radius 1 is 1.33 bits per heavy atom. The molecule has 4 nitrogen and oxygen atoms in total. The molecule has 2 unspecified atom stereocenters. The highest BCUT2D eigenvalue weighted by Crippen LogP contribution is 2.31. The van der Waals surface area contributed by atoms with Crippen molar-refractivity contribution < 1.29 is 14.7 Å². The molecule has 15 heavy (non-hydrogen) atoms. The zero-order chi connectivity index (χ0) is 10.8. The Balaban J connectivity index is 1.90. The number of aliphatic carboxylic acids is 1. The first-order chi connectivity index (χ1) is 7.16. The van der Waals surface area contributed by atoms with E-state index in [0.717, 1.165) is 32.4 Å². The largest absolute Gasteiger partial charge is 0.481 e. The summed E-state index contributed by atoms with van der Waals surface area (Å²) in [5.41, 5.74) is 0. The van der Waals surface area contributed by atoms with Gasteiger partial charge in [0, 0.05) is 31.5 Å². The van der Waals surface area contributed by atoms with Crippen LogP contribution in [0, 0.1) is 11.8 Å². The lowest BCUT2D eigenvalue weighted by Gasteiger charge is -2.39. The molecule has 1 N–H and O–H groups in total. The molecule has 0 amide bonds. The van der Waals surface area contributed by atoms with Crippen LogP contribution in [-0.4, -0.2) is 41.4 Å². The van der Waals surface area contributed by atoms with E-state index in [-0.39, 0.29) is 18.3 Å². The van der Waals surface area contributed by atoms with Crippen LogP contribution in [-0.2, 0) is 9.59 Å². The topological polar surface area (TPSA) is 57.6 Å². The van der Waals surface area contributed by atoms with E-state index in [1.165, 1.54) is 0 Å². The van der Waals surface area contributed by atoms with Crippen LogP contribution in [0.25, 0.3) is 0 Å². The van der Waals surface area contributed by atoms with Gasteiger partial charge < -0.3 is 10.0 Å². The number of carboxylic acid groups (broad SMARTS) is 1. The molecule has 0 aromatic carbocycles. The number of rotatable bonds is 3. The Morgan fingerprint density at radius 2 is 1.93 bits per heavy atom. The van der Waals surface area contributed by atoms with Crippen LogP contribution in [0.15, 0.2) is 0 Å². The first kappa shape index (κ1) is 10.6. The number of nitrogens with zero attached hydrogens (tertiary/aromatic N) is 1. The van der Waals surface area contributed by atoms with Crippen molar-refractivity contribution in [2.45, 2.75) is 25.7 Å². The molecule has 84 valence electrons. The van der Waals surface area contributed by atoms with Gasteiger partial charge in [0.2, 0.25) is 0 Å². The number of likely N-dealkylation sites (tertiary alicyclic amines) is 1. The van der Waals surface area contributed by atoms with Crippen molar-refractivity contribution in [2.24, 2.45) is 11.8 Å². The molecule has 1 saturated heterocycles. The molecule has 0 radical (unpaired) electrons. The van der Waals surface area contributed by atoms with Crippen LogP contribution in [0.4, 0.5) is 0 Å². The number of ketones is 1. The minimum Gasteiger partial charge on any atom is -0.481 e. The summed E-state index contributed by atoms with van der Waals surface area (Å²) in [7, 11) is 0. The van der Waals surface area contributed by atoms with Gasteiger partial charge in [-0.15, -0.1) is 0 Å². The van der Waals surface area contributed by atoms with Crippen molar-refractivity contribution in [3.05, 3.63) is 0 Å². The van der Waals surface area contributed by atoms with Gasteiger partial charge in [-0.1, -0.05) is 6.42 Å². The second-order valence-electron chi connectivity index (χ2n) is 4.63. The highest BCUT2D eigenvalue weighted by molar-refractivity contribution is 5.85. The van der Waals surface area contributed by atoms with Gasteiger partial charge in [0.05, 0.1) is 6.42 Å². The number of carbonyl (C=O) groups excluding carboxylic acids is 1. The summed E-state index contributed by atoms with van der Waals surface area (Å²) in [6.07, 6.45) is 3.35. The molecule has 2 bridgehead atoms. The Labute approximate surface area is 89.3 Å². The quantitative estimate of drug-likeness (QED) is 0.748. The molecular weight excluding hydrogens is 194 g/mol. The third kappa shape index (κ3) is 2.37. The van der Waals surface area contributed by atoms with Crippen LogP contribution in [0.2, 0.25) is 0 Å². The molecule has 1 aliphatic carbocycles. The molecule has 0 aromatic heterocycles. The van der Waals surface area contributed by atoms with Gasteiger partial charge in [-0.25, -0.2) is 0 Å². The van der Waals surface area contributed by atoms with Gasteiger partial charge in [-0.05, 0) is 12.8 Å². The highest BCUT2D eigenvalue weighted by atomic mass is 16.4. The lowest BCUT2D eigenvalue weighted by Crippen LogP contribution is -2.49. The van der Waals surface area contributed by atoms with Crippen molar-refractivity contribution in [3.63, 3.8) is 0 Å². The van der Waals surface area contributed by atoms with Crippen molar-refractivity contribution in [3.8, 4) is 0 Å². The van der Waals surface area contributed by atoms with Crippen LogP contribution in [0.1, 0.15) is 25.7 Å². The van der Waals surface area contributed by atoms with E-state index in [2.05, 4.69) is 4.90 Å². The van der Waals surface area contributed by atoms with Crippen LogP contribution >= 0.6 is 0 Å². The summed E-state index contributed by atoms with van der Waals surface area (Å²) in [5, 5.41) is 8.61. The molecule has 2 atom stereocenters. The smallest absolute Gasteiger partial charge is 0.304 e. The Kier molecular flexibility index (Phi) is 3.05. The van der Waals surface area contributed by atoms with E-state index in [1.807, 2.05) is 0 Å². The van der Waals surface area contributed by atoms with Crippen molar-refractivity contribution in [2.75, 3.05) is 19.6 Å². The SMILES string of the molecule is O=C(O)CCN1CC2CCCC(C1)C2=O. The Bertz CT molecular complexity index is 261. The van der Waals surface area contributed by atoms with Gasteiger partial charge in [0.25, 0.3) is 0 Å². The Hall–Kier alpha value is -0.900. The third-order valence-corrected chi connectivity index (χ3v) is 3.51. The second-order valence-corrected chi connectivity index (χ2v) is 4.63. The molecule has 1 saturated carbocycles. The lowest BCUT2D eigenvalue weighted by molar-refractivity contribution is -0.138. The molecular formula is C11H17NO3. The van der Waals surface area contributed by atoms with Crippen molar-refractivity contribution in [1.29, 1.82) is 0 Å². The molecule has 4 heteroatoms. The summed E-state index contributed by atoms with van der Waals surface area (Å²) in [5.74, 6) is 0.0440. The van der Waals surface area contributed by atoms with Crippen LogP contribution in [0.5, 0.6) is 0 Å². The zero-order valence-corrected chi connectivity index (χ0v) is 8.82. The zero-order valence-electron chi connectivity index (χ0n) is 8.82. The second kappa shape index (κ2) is 4.31. The van der Waals surface area contributed by atoms with Gasteiger partial charge in [-0.2, -0.15) is 0 Å². The van der Waals surface area contributed by atoms with E-state index in [4.69, 9.17) is 5.11 Å². The van der Waals surface area contributed by atoms with Gasteiger partial charge in [0.1, 0.15) is 5.78 Å². The fourth-order valence-corrected chi connectivity index (χ4v) is 2.73. The minimum absolute atomic E-state index is 0.186. The summed E-state index contributed by atoms with van der Waals surface area (Å²) in [4.78, 5) is 24.4. The molecule has 2 fully saturated rings. The third-order valence-electron chi connectivity index (χ3n) is 3.51. The maximum atomic E-state index is 11.7. The lowest BCUT2D eigenvalue weighted by atomic mass is 9.76. The molecule has 0 spiro atoms. The highest BCUT2D eigenvalue weighted by Gasteiger charge is 2.37. The summed E-state index contributed by atoms with van der Waals surface area (Å²) in [6, 6.07) is 0. The number of carboxylic acids is 1. The predicted octanol–water partition coefficient (Wildman–Crippen LogP) is 0.762. The average molecular weight is 211 g/mol. The average Bonchev–Trinajstić information content (AvgIpc) is 2.15. The van der Waals surface area contributed by atoms with E-state index >= 15 is 0 Å². The van der Waals surface area contributed by atoms with Crippen LogP contribution in [0.3, 0.4) is 0 Å². The van der Waals surface area contributed by atoms with Crippen molar-refractivity contribution >= 4 is 11.8 Å². The fraction of sp³-hybridized carbons (Fsp3) is 0.818.